The van der Waals surface area contributed by atoms with Crippen LogP contribution in [0.1, 0.15) is 0 Å². The molecule has 11 heteroatoms. The molecule has 0 saturated carbocycles. The normalized spacial score (nSPS) is 23.9. The van der Waals surface area contributed by atoms with E-state index < -0.39 is 34.5 Å². The van der Waals surface area contributed by atoms with Gasteiger partial charge in [0.15, 0.2) is 0 Å². The summed E-state index contributed by atoms with van der Waals surface area (Å²) in [6.45, 7) is -0.269. The van der Waals surface area contributed by atoms with E-state index in [0.717, 1.165) is 0 Å². The Balaban J connectivity index is 2.74. The Kier molecular flexibility index (Phi) is 4.24. The molecule has 5 N–H and O–H groups in total. The van der Waals surface area contributed by atoms with Crippen LogP contribution in [-0.2, 0) is 19.5 Å². The maximum Gasteiger partial charge on any atom is 0.413 e. The van der Waals surface area contributed by atoms with Crippen LogP contribution < -0.4 is 11.2 Å². The molecule has 102 valence electrons. The van der Waals surface area contributed by atoms with Crippen LogP contribution in [-0.4, -0.2) is 53.6 Å². The molecule has 0 bridgehead atoms. The van der Waals surface area contributed by atoms with Crippen molar-refractivity contribution in [2.24, 2.45) is 5.73 Å². The molecule has 0 radical (unpaired) electrons. The maximum atomic E-state index is 11.0. The van der Waals surface area contributed by atoms with Gasteiger partial charge in [0.25, 0.3) is 0 Å². The van der Waals surface area contributed by atoms with Crippen LogP contribution in [0, 0.1) is 0 Å². The first-order chi connectivity index (χ1) is 8.20. The minimum absolute atomic E-state index is 0.269. The van der Waals surface area contributed by atoms with Crippen LogP contribution in [0.4, 0.5) is 4.79 Å². The van der Waals surface area contributed by atoms with Gasteiger partial charge in [0.2, 0.25) is 5.91 Å². The number of hydroxylamine groups is 1. The van der Waals surface area contributed by atoms with Crippen LogP contribution in [0.5, 0.6) is 0 Å². The lowest BCUT2D eigenvalue weighted by atomic mass is 10.1. The Morgan fingerprint density at radius 1 is 1.44 bits per heavy atom. The fourth-order valence-electron chi connectivity index (χ4n) is 1.37. The number of amides is 2. The van der Waals surface area contributed by atoms with Gasteiger partial charge in [-0.15, -0.1) is 0 Å². The van der Waals surface area contributed by atoms with E-state index in [-0.39, 0.29) is 6.54 Å². The van der Waals surface area contributed by atoms with Crippen molar-refractivity contribution in [3.63, 3.8) is 0 Å². The van der Waals surface area contributed by atoms with Gasteiger partial charge >= 0.3 is 16.5 Å². The van der Waals surface area contributed by atoms with Crippen LogP contribution >= 0.6 is 0 Å². The van der Waals surface area contributed by atoms with Crippen molar-refractivity contribution in [2.75, 3.05) is 6.54 Å². The molecule has 0 aromatic carbocycles. The minimum Gasteiger partial charge on any atom is -0.465 e. The summed E-state index contributed by atoms with van der Waals surface area (Å²) in [6.07, 6.45) is 1.09. The molecule has 2 amide bonds. The standard InChI is InChI=1S/C7H11N3O7S/c8-6(11)5-2-1-4(3-10(5)7(12)13)9-17-18(14,15)16/h1-2,4-5,9H,3H2,(H2,8,11)(H,12,13)(H,14,15,16)/t4-,5+/m1/s1. The summed E-state index contributed by atoms with van der Waals surface area (Å²) in [6, 6.07) is -1.98. The molecule has 0 unspecified atom stereocenters. The molecular formula is C7H11N3O7S. The molecule has 0 fully saturated rings. The molecule has 1 rings (SSSR count). The number of carboxylic acid groups (broad SMARTS) is 1. The monoisotopic (exact) mass is 281 g/mol. The van der Waals surface area contributed by atoms with E-state index in [1.807, 2.05) is 5.48 Å². The number of hydrogen-bond acceptors (Lipinski definition) is 6. The first-order valence-corrected chi connectivity index (χ1v) is 5.96. The SMILES string of the molecule is NC(=O)[C@@H]1C=C[C@@H](NOS(=O)(=O)O)CN1C(=O)O. The quantitative estimate of drug-likeness (QED) is 0.263. The van der Waals surface area contributed by atoms with Gasteiger partial charge in [-0.2, -0.15) is 18.2 Å². The summed E-state index contributed by atoms with van der Waals surface area (Å²) in [5, 5.41) is 8.85. The molecule has 0 spiro atoms. The van der Waals surface area contributed by atoms with Gasteiger partial charge < -0.3 is 10.8 Å². The number of primary amides is 1. The second-order valence-electron chi connectivity index (χ2n) is 3.40. The molecular weight excluding hydrogens is 270 g/mol. The van der Waals surface area contributed by atoms with Crippen molar-refractivity contribution >= 4 is 22.4 Å². The highest BCUT2D eigenvalue weighted by Crippen LogP contribution is 2.11. The summed E-state index contributed by atoms with van der Waals surface area (Å²) in [5.74, 6) is -0.859. The fraction of sp³-hybridized carbons (Fsp3) is 0.429. The predicted octanol–water partition coefficient (Wildman–Crippen LogP) is -1.92. The zero-order valence-electron chi connectivity index (χ0n) is 8.88. The Bertz CT molecular complexity index is 473. The number of nitrogens with zero attached hydrogens (tertiary/aromatic N) is 1. The number of nitrogens with two attached hydrogens (primary N) is 1. The molecule has 0 aromatic heterocycles. The smallest absolute Gasteiger partial charge is 0.413 e. The largest absolute Gasteiger partial charge is 0.465 e. The van der Waals surface area contributed by atoms with Gasteiger partial charge in [0.1, 0.15) is 6.04 Å². The molecule has 18 heavy (non-hydrogen) atoms. The van der Waals surface area contributed by atoms with Gasteiger partial charge in [-0.25, -0.2) is 4.79 Å². The van der Waals surface area contributed by atoms with Crippen LogP contribution in [0.2, 0.25) is 0 Å². The number of carbonyl (C=O) groups excluding carboxylic acids is 1. The zero-order chi connectivity index (χ0) is 13.9. The van der Waals surface area contributed by atoms with Crippen molar-refractivity contribution in [1.29, 1.82) is 0 Å². The number of nitrogens with one attached hydrogen (secondary N) is 1. The average molecular weight is 281 g/mol. The molecule has 1 aliphatic rings. The number of hydrogen-bond donors (Lipinski definition) is 4. The van der Waals surface area contributed by atoms with Crippen molar-refractivity contribution in [3.8, 4) is 0 Å². The minimum atomic E-state index is -4.69. The summed E-state index contributed by atoms with van der Waals surface area (Å²) < 4.78 is 32.8. The lowest BCUT2D eigenvalue weighted by molar-refractivity contribution is -0.121. The second kappa shape index (κ2) is 5.30. The van der Waals surface area contributed by atoms with E-state index in [1.54, 1.807) is 0 Å². The van der Waals surface area contributed by atoms with Gasteiger partial charge in [0.05, 0.1) is 6.04 Å². The van der Waals surface area contributed by atoms with Crippen molar-refractivity contribution < 1.29 is 31.9 Å². The maximum absolute atomic E-state index is 11.0. The molecule has 0 aliphatic carbocycles. The molecule has 0 aromatic rings. The van der Waals surface area contributed by atoms with Crippen LogP contribution in [0.25, 0.3) is 0 Å². The Labute approximate surface area is 102 Å². The second-order valence-corrected chi connectivity index (χ2v) is 4.42. The summed E-state index contributed by atoms with van der Waals surface area (Å²) in [5.41, 5.74) is 6.93. The average Bonchev–Trinajstić information content (AvgIpc) is 2.24. The van der Waals surface area contributed by atoms with E-state index in [4.69, 9.17) is 15.4 Å². The number of carbonyl (C=O) groups is 2. The highest BCUT2D eigenvalue weighted by Gasteiger charge is 2.31. The van der Waals surface area contributed by atoms with Gasteiger partial charge in [0, 0.05) is 6.54 Å². The Hall–Kier alpha value is -1.69. The molecule has 2 atom stereocenters. The molecule has 1 aliphatic heterocycles. The number of rotatable bonds is 4. The third-order valence-corrected chi connectivity index (χ3v) is 2.40. The van der Waals surface area contributed by atoms with Crippen molar-refractivity contribution in [3.05, 3.63) is 12.2 Å². The fourth-order valence-corrected chi connectivity index (χ4v) is 1.62. The first-order valence-electron chi connectivity index (χ1n) is 4.59. The van der Waals surface area contributed by atoms with Gasteiger partial charge in [-0.1, -0.05) is 12.2 Å². The highest BCUT2D eigenvalue weighted by molar-refractivity contribution is 7.80. The van der Waals surface area contributed by atoms with Crippen LogP contribution in [0.3, 0.4) is 0 Å². The topological polar surface area (TPSA) is 159 Å². The third kappa shape index (κ3) is 3.96. The van der Waals surface area contributed by atoms with Crippen molar-refractivity contribution in [1.82, 2.24) is 10.4 Å². The molecule has 0 saturated heterocycles. The Morgan fingerprint density at radius 3 is 2.50 bits per heavy atom. The van der Waals surface area contributed by atoms with Gasteiger partial charge in [-0.3, -0.25) is 14.2 Å². The van der Waals surface area contributed by atoms with E-state index in [0.29, 0.717) is 4.90 Å². The van der Waals surface area contributed by atoms with E-state index in [2.05, 4.69) is 4.28 Å². The highest BCUT2D eigenvalue weighted by atomic mass is 32.3. The van der Waals surface area contributed by atoms with E-state index in [1.165, 1.54) is 12.2 Å². The first kappa shape index (κ1) is 14.4. The zero-order valence-corrected chi connectivity index (χ0v) is 9.70. The molecule has 10 nitrogen and oxygen atoms in total. The van der Waals surface area contributed by atoms with Crippen LogP contribution in [0.15, 0.2) is 12.2 Å². The third-order valence-electron chi connectivity index (χ3n) is 2.10. The van der Waals surface area contributed by atoms with E-state index in [9.17, 15) is 18.0 Å². The summed E-state index contributed by atoms with van der Waals surface area (Å²) >= 11 is 0. The summed E-state index contributed by atoms with van der Waals surface area (Å²) in [4.78, 5) is 22.5. The predicted molar refractivity (Wildman–Crippen MR) is 56.4 cm³/mol. The van der Waals surface area contributed by atoms with Crippen molar-refractivity contribution in [2.45, 2.75) is 12.1 Å². The van der Waals surface area contributed by atoms with Gasteiger partial charge in [-0.05, 0) is 0 Å². The lowest BCUT2D eigenvalue weighted by Gasteiger charge is -2.31. The summed E-state index contributed by atoms with van der Waals surface area (Å²) in [7, 11) is -4.69. The lowest BCUT2D eigenvalue weighted by Crippen LogP contribution is -2.54. The molecule has 1 heterocycles. The Morgan fingerprint density at radius 2 is 2.06 bits per heavy atom. The van der Waals surface area contributed by atoms with E-state index >= 15 is 0 Å².